The van der Waals surface area contributed by atoms with Crippen molar-refractivity contribution >= 4 is 28.2 Å². The molecule has 0 radical (unpaired) electrons. The molecule has 0 saturated heterocycles. The van der Waals surface area contributed by atoms with E-state index in [4.69, 9.17) is 10.5 Å². The van der Waals surface area contributed by atoms with Crippen molar-refractivity contribution in [1.82, 2.24) is 0 Å². The monoisotopic (exact) mass is 358 g/mol. The van der Waals surface area contributed by atoms with Gasteiger partial charge in [-0.25, -0.2) is 0 Å². The number of thiophene rings is 1. The lowest BCUT2D eigenvalue weighted by molar-refractivity contribution is 0.100. The van der Waals surface area contributed by atoms with Crippen LogP contribution in [0.2, 0.25) is 0 Å². The third-order valence-electron chi connectivity index (χ3n) is 4.28. The molecule has 6 heteroatoms. The van der Waals surface area contributed by atoms with Crippen molar-refractivity contribution in [3.63, 3.8) is 0 Å². The van der Waals surface area contributed by atoms with E-state index in [9.17, 15) is 9.59 Å². The molecular formula is C19H22N2O3S. The zero-order valence-corrected chi connectivity index (χ0v) is 15.1. The number of carbonyl (C=O) groups is 2. The second kappa shape index (κ2) is 7.70. The van der Waals surface area contributed by atoms with Crippen LogP contribution in [0.25, 0.3) is 0 Å². The highest BCUT2D eigenvalue weighted by Gasteiger charge is 2.26. The fourth-order valence-corrected chi connectivity index (χ4v) is 4.25. The molecule has 3 N–H and O–H groups in total. The molecule has 1 heterocycles. The van der Waals surface area contributed by atoms with Crippen molar-refractivity contribution in [2.24, 2.45) is 5.73 Å². The van der Waals surface area contributed by atoms with Crippen LogP contribution in [-0.2, 0) is 12.8 Å². The molecule has 0 aliphatic heterocycles. The molecular weight excluding hydrogens is 336 g/mol. The van der Waals surface area contributed by atoms with Crippen LogP contribution in [0.15, 0.2) is 24.3 Å². The number of fused-ring (bicyclic) bond motifs is 1. The van der Waals surface area contributed by atoms with Crippen molar-refractivity contribution in [2.75, 3.05) is 11.9 Å². The van der Waals surface area contributed by atoms with Gasteiger partial charge in [-0.15, -0.1) is 11.3 Å². The maximum Gasteiger partial charge on any atom is 0.256 e. The van der Waals surface area contributed by atoms with Crippen LogP contribution >= 0.6 is 11.3 Å². The summed E-state index contributed by atoms with van der Waals surface area (Å²) >= 11 is 1.46. The van der Waals surface area contributed by atoms with E-state index in [1.54, 1.807) is 24.3 Å². The zero-order chi connectivity index (χ0) is 17.8. The summed E-state index contributed by atoms with van der Waals surface area (Å²) in [6.45, 7) is 2.78. The number of ether oxygens (including phenoxy) is 1. The smallest absolute Gasteiger partial charge is 0.256 e. The highest BCUT2D eigenvalue weighted by molar-refractivity contribution is 7.17. The molecule has 2 amide bonds. The van der Waals surface area contributed by atoms with Crippen molar-refractivity contribution < 1.29 is 14.3 Å². The minimum absolute atomic E-state index is 0.248. The zero-order valence-electron chi connectivity index (χ0n) is 14.3. The van der Waals surface area contributed by atoms with Crippen molar-refractivity contribution in [3.05, 3.63) is 45.8 Å². The van der Waals surface area contributed by atoms with Crippen LogP contribution in [0.1, 0.15) is 57.3 Å². The van der Waals surface area contributed by atoms with Crippen LogP contribution in [-0.4, -0.2) is 18.4 Å². The number of benzene rings is 1. The van der Waals surface area contributed by atoms with Gasteiger partial charge in [-0.2, -0.15) is 0 Å². The number of unbranched alkanes of at least 4 members (excludes halogenated alkanes) is 1. The van der Waals surface area contributed by atoms with Gasteiger partial charge in [-0.1, -0.05) is 13.3 Å². The molecule has 0 saturated carbocycles. The minimum Gasteiger partial charge on any atom is -0.494 e. The number of primary amides is 1. The van der Waals surface area contributed by atoms with Gasteiger partial charge in [0, 0.05) is 10.4 Å². The van der Waals surface area contributed by atoms with Gasteiger partial charge in [0.15, 0.2) is 0 Å². The largest absolute Gasteiger partial charge is 0.494 e. The number of aryl methyl sites for hydroxylation is 1. The predicted molar refractivity (Wildman–Crippen MR) is 99.7 cm³/mol. The number of hydrogen-bond donors (Lipinski definition) is 2. The van der Waals surface area contributed by atoms with Gasteiger partial charge < -0.3 is 15.8 Å². The summed E-state index contributed by atoms with van der Waals surface area (Å²) in [5, 5.41) is 3.41. The number of amides is 2. The van der Waals surface area contributed by atoms with Crippen molar-refractivity contribution in [3.8, 4) is 5.75 Å². The Morgan fingerprint density at radius 1 is 1.24 bits per heavy atom. The third-order valence-corrected chi connectivity index (χ3v) is 5.49. The molecule has 0 bridgehead atoms. The molecule has 0 atom stereocenters. The van der Waals surface area contributed by atoms with E-state index in [1.807, 2.05) is 0 Å². The second-order valence-corrected chi connectivity index (χ2v) is 7.21. The molecule has 3 rings (SSSR count). The van der Waals surface area contributed by atoms with E-state index < -0.39 is 5.91 Å². The molecule has 25 heavy (non-hydrogen) atoms. The highest BCUT2D eigenvalue weighted by atomic mass is 32.1. The van der Waals surface area contributed by atoms with Crippen LogP contribution in [0.5, 0.6) is 5.75 Å². The molecule has 5 nitrogen and oxygen atoms in total. The van der Waals surface area contributed by atoms with Gasteiger partial charge in [-0.05, 0) is 55.5 Å². The number of nitrogens with one attached hydrogen (secondary N) is 1. The molecule has 1 aromatic heterocycles. The van der Waals surface area contributed by atoms with Gasteiger partial charge >= 0.3 is 0 Å². The first-order valence-corrected chi connectivity index (χ1v) is 9.40. The number of nitrogens with two attached hydrogens (primary N) is 1. The lowest BCUT2D eigenvalue weighted by Crippen LogP contribution is -2.17. The summed E-state index contributed by atoms with van der Waals surface area (Å²) in [4.78, 5) is 25.4. The van der Waals surface area contributed by atoms with E-state index in [0.29, 0.717) is 22.7 Å². The summed E-state index contributed by atoms with van der Waals surface area (Å²) in [5.41, 5.74) is 7.53. The number of hydrogen-bond acceptors (Lipinski definition) is 4. The molecule has 2 aromatic rings. The standard InChI is InChI=1S/C19H22N2O3S/c1-2-3-11-24-13-9-7-12(8-10-13)18(23)21-19-16(17(20)22)14-5-4-6-15(14)25-19/h7-10H,2-6,11H2,1H3,(H2,20,22)(H,21,23). The van der Waals surface area contributed by atoms with Crippen molar-refractivity contribution in [1.29, 1.82) is 0 Å². The van der Waals surface area contributed by atoms with Gasteiger partial charge in [0.25, 0.3) is 11.8 Å². The first kappa shape index (κ1) is 17.5. The maximum atomic E-state index is 12.5. The average Bonchev–Trinajstić information content (AvgIpc) is 3.15. The highest BCUT2D eigenvalue weighted by Crippen LogP contribution is 2.39. The Hall–Kier alpha value is -2.34. The fourth-order valence-electron chi connectivity index (χ4n) is 2.97. The Labute approximate surface area is 151 Å². The Bertz CT molecular complexity index is 781. The predicted octanol–water partition coefficient (Wildman–Crippen LogP) is 3.77. The molecule has 0 fully saturated rings. The topological polar surface area (TPSA) is 81.4 Å². The quantitative estimate of drug-likeness (QED) is 0.739. The average molecular weight is 358 g/mol. The summed E-state index contributed by atoms with van der Waals surface area (Å²) in [5.74, 6) is 0.0230. The first-order chi connectivity index (χ1) is 12.1. The molecule has 1 aliphatic rings. The van der Waals surface area contributed by atoms with Gasteiger partial charge in [-0.3, -0.25) is 9.59 Å². The normalized spacial score (nSPS) is 12.7. The Morgan fingerprint density at radius 3 is 2.68 bits per heavy atom. The number of carbonyl (C=O) groups excluding carboxylic acids is 2. The van der Waals surface area contributed by atoms with E-state index in [1.165, 1.54) is 11.3 Å². The fraction of sp³-hybridized carbons (Fsp3) is 0.368. The SMILES string of the molecule is CCCCOc1ccc(C(=O)Nc2sc3c(c2C(N)=O)CCC3)cc1. The maximum absolute atomic E-state index is 12.5. The number of anilines is 1. The van der Waals surface area contributed by atoms with Gasteiger partial charge in [0.05, 0.1) is 12.2 Å². The number of rotatable bonds is 7. The first-order valence-electron chi connectivity index (χ1n) is 8.58. The van der Waals surface area contributed by atoms with Crippen LogP contribution < -0.4 is 15.8 Å². The summed E-state index contributed by atoms with van der Waals surface area (Å²) in [6.07, 6.45) is 4.91. The van der Waals surface area contributed by atoms with E-state index in [2.05, 4.69) is 12.2 Å². The summed E-state index contributed by atoms with van der Waals surface area (Å²) < 4.78 is 5.60. The van der Waals surface area contributed by atoms with Crippen LogP contribution in [0.3, 0.4) is 0 Å². The van der Waals surface area contributed by atoms with Gasteiger partial charge in [0.1, 0.15) is 10.8 Å². The lowest BCUT2D eigenvalue weighted by atomic mass is 10.1. The second-order valence-electron chi connectivity index (χ2n) is 6.11. The lowest BCUT2D eigenvalue weighted by Gasteiger charge is -2.08. The van der Waals surface area contributed by atoms with Crippen LogP contribution in [0.4, 0.5) is 5.00 Å². The Kier molecular flexibility index (Phi) is 5.38. The molecule has 1 aromatic carbocycles. The van der Waals surface area contributed by atoms with E-state index in [-0.39, 0.29) is 5.91 Å². The summed E-state index contributed by atoms with van der Waals surface area (Å²) in [7, 11) is 0. The van der Waals surface area contributed by atoms with E-state index in [0.717, 1.165) is 48.3 Å². The van der Waals surface area contributed by atoms with Crippen LogP contribution in [0, 0.1) is 0 Å². The molecule has 0 unspecified atom stereocenters. The van der Waals surface area contributed by atoms with Gasteiger partial charge in [0.2, 0.25) is 0 Å². The van der Waals surface area contributed by atoms with Crippen molar-refractivity contribution in [2.45, 2.75) is 39.0 Å². The molecule has 132 valence electrons. The Balaban J connectivity index is 1.71. The molecule has 0 spiro atoms. The molecule has 1 aliphatic carbocycles. The third kappa shape index (κ3) is 3.85. The van der Waals surface area contributed by atoms with E-state index >= 15 is 0 Å². The summed E-state index contributed by atoms with van der Waals surface area (Å²) in [6, 6.07) is 7.02. The minimum atomic E-state index is -0.477. The Morgan fingerprint density at radius 2 is 2.00 bits per heavy atom.